The van der Waals surface area contributed by atoms with Crippen LogP contribution in [0.3, 0.4) is 0 Å². The average Bonchev–Trinajstić information content (AvgIpc) is 2.90. The number of halogens is 2. The molecule has 4 rings (SSSR count). The van der Waals surface area contributed by atoms with E-state index in [1.165, 1.54) is 46.8 Å². The first-order chi connectivity index (χ1) is 18.8. The smallest absolute Gasteiger partial charge is 0.261 e. The van der Waals surface area contributed by atoms with Crippen molar-refractivity contribution in [1.29, 1.82) is 0 Å². The number of nitrogens with zero attached hydrogens (tertiary/aromatic N) is 1. The minimum Gasteiger partial charge on any atom is -0.322 e. The van der Waals surface area contributed by atoms with Gasteiger partial charge in [0, 0.05) is 11.3 Å². The Kier molecular flexibility index (Phi) is 8.74. The van der Waals surface area contributed by atoms with Gasteiger partial charge in [-0.15, -0.1) is 0 Å². The summed E-state index contributed by atoms with van der Waals surface area (Å²) in [5.41, 5.74) is 3.06. The minimum atomic E-state index is -3.96. The van der Waals surface area contributed by atoms with Crippen LogP contribution in [0.25, 0.3) is 0 Å². The maximum absolute atomic E-state index is 12.8. The number of hydrogen-bond acceptors (Lipinski definition) is 5. The SMILES string of the molecule is Cc1ccccc1CN(c1ccc(C(=O)Nc2ccc(S(=O)(=O)Nc3cccc(Cl)c3Cl)cc2)cc1)S(C)(=O)=O. The second-order valence-corrected chi connectivity index (χ2v) is 13.3. The Labute approximate surface area is 243 Å². The normalized spacial score (nSPS) is 11.6. The quantitative estimate of drug-likeness (QED) is 0.228. The lowest BCUT2D eigenvalue weighted by Gasteiger charge is -2.23. The third-order valence-corrected chi connectivity index (χ3v) is 9.35. The van der Waals surface area contributed by atoms with Gasteiger partial charge in [0.15, 0.2) is 0 Å². The lowest BCUT2D eigenvalue weighted by atomic mass is 10.1. The van der Waals surface area contributed by atoms with Gasteiger partial charge in [0.25, 0.3) is 15.9 Å². The zero-order chi connectivity index (χ0) is 29.1. The lowest BCUT2D eigenvalue weighted by Crippen LogP contribution is -2.29. The number of anilines is 3. The van der Waals surface area contributed by atoms with Gasteiger partial charge in [-0.1, -0.05) is 53.5 Å². The Balaban J connectivity index is 1.46. The number of rotatable bonds is 9. The van der Waals surface area contributed by atoms with Crippen molar-refractivity contribution in [1.82, 2.24) is 0 Å². The van der Waals surface area contributed by atoms with Crippen molar-refractivity contribution in [3.8, 4) is 0 Å². The van der Waals surface area contributed by atoms with Crippen LogP contribution in [0.5, 0.6) is 0 Å². The van der Waals surface area contributed by atoms with Crippen LogP contribution in [-0.4, -0.2) is 29.0 Å². The van der Waals surface area contributed by atoms with Crippen molar-refractivity contribution in [3.63, 3.8) is 0 Å². The maximum Gasteiger partial charge on any atom is 0.261 e. The largest absolute Gasteiger partial charge is 0.322 e. The number of carbonyl (C=O) groups excluding carboxylic acids is 1. The molecular weight excluding hydrogens is 593 g/mol. The van der Waals surface area contributed by atoms with Crippen LogP contribution in [-0.2, 0) is 26.6 Å². The summed E-state index contributed by atoms with van der Waals surface area (Å²) in [7, 11) is -7.55. The fourth-order valence-electron chi connectivity index (χ4n) is 3.83. The molecule has 40 heavy (non-hydrogen) atoms. The predicted octanol–water partition coefficient (Wildman–Crippen LogP) is 6.32. The molecule has 0 bridgehead atoms. The summed E-state index contributed by atoms with van der Waals surface area (Å²) in [4.78, 5) is 12.8. The molecular formula is C28H25Cl2N3O5S2. The van der Waals surface area contributed by atoms with Crippen molar-refractivity contribution < 1.29 is 21.6 Å². The van der Waals surface area contributed by atoms with Crippen molar-refractivity contribution in [2.45, 2.75) is 18.4 Å². The highest BCUT2D eigenvalue weighted by atomic mass is 35.5. The Morgan fingerprint density at radius 1 is 0.825 bits per heavy atom. The van der Waals surface area contributed by atoms with Crippen LogP contribution < -0.4 is 14.3 Å². The summed E-state index contributed by atoms with van der Waals surface area (Å²) in [6.07, 6.45) is 1.13. The molecule has 0 fully saturated rings. The highest BCUT2D eigenvalue weighted by Crippen LogP contribution is 2.31. The van der Waals surface area contributed by atoms with Crippen molar-refractivity contribution in [2.75, 3.05) is 20.6 Å². The van der Waals surface area contributed by atoms with Gasteiger partial charge in [0.1, 0.15) is 0 Å². The molecule has 0 radical (unpaired) electrons. The Morgan fingerprint density at radius 2 is 1.48 bits per heavy atom. The Hall–Kier alpha value is -3.57. The molecule has 0 aliphatic heterocycles. The van der Waals surface area contributed by atoms with Gasteiger partial charge in [0.2, 0.25) is 10.0 Å². The molecule has 0 spiro atoms. The molecule has 1 amide bonds. The number of sulfonamides is 2. The molecule has 12 heteroatoms. The van der Waals surface area contributed by atoms with Gasteiger partial charge in [0.05, 0.1) is 39.1 Å². The van der Waals surface area contributed by atoms with Crippen molar-refractivity contribution >= 4 is 66.2 Å². The number of nitrogens with one attached hydrogen (secondary N) is 2. The first-order valence-electron chi connectivity index (χ1n) is 11.9. The number of amides is 1. The van der Waals surface area contributed by atoms with Gasteiger partial charge in [-0.3, -0.25) is 13.8 Å². The summed E-state index contributed by atoms with van der Waals surface area (Å²) in [6, 6.07) is 23.9. The average molecular weight is 619 g/mol. The third kappa shape index (κ3) is 6.95. The highest BCUT2D eigenvalue weighted by Gasteiger charge is 2.20. The minimum absolute atomic E-state index is 0.0413. The van der Waals surface area contributed by atoms with Crippen LogP contribution >= 0.6 is 23.2 Å². The van der Waals surface area contributed by atoms with E-state index in [0.717, 1.165) is 17.4 Å². The molecule has 208 valence electrons. The van der Waals surface area contributed by atoms with Gasteiger partial charge in [-0.25, -0.2) is 16.8 Å². The molecule has 8 nitrogen and oxygen atoms in total. The number of aryl methyl sites for hydroxylation is 1. The summed E-state index contributed by atoms with van der Waals surface area (Å²) in [5.74, 6) is -0.448. The number of benzene rings is 4. The first kappa shape index (κ1) is 29.4. The van der Waals surface area contributed by atoms with E-state index < -0.39 is 26.0 Å². The molecule has 4 aromatic rings. The summed E-state index contributed by atoms with van der Waals surface area (Å²) in [5, 5.41) is 3.00. The van der Waals surface area contributed by atoms with Crippen LogP contribution in [0, 0.1) is 6.92 Å². The molecule has 0 unspecified atom stereocenters. The van der Waals surface area contributed by atoms with Crippen LogP contribution in [0.15, 0.2) is 95.9 Å². The highest BCUT2D eigenvalue weighted by molar-refractivity contribution is 7.92. The molecule has 0 saturated carbocycles. The molecule has 0 aromatic heterocycles. The van der Waals surface area contributed by atoms with E-state index in [4.69, 9.17) is 23.2 Å². The maximum atomic E-state index is 12.8. The van der Waals surface area contributed by atoms with Gasteiger partial charge in [-0.05, 0) is 78.7 Å². The molecule has 0 aliphatic carbocycles. The molecule has 4 aromatic carbocycles. The van der Waals surface area contributed by atoms with E-state index in [-0.39, 0.29) is 27.2 Å². The molecule has 0 saturated heterocycles. The van der Waals surface area contributed by atoms with Gasteiger partial charge in [-0.2, -0.15) is 0 Å². The second-order valence-electron chi connectivity index (χ2n) is 8.93. The summed E-state index contributed by atoms with van der Waals surface area (Å²) >= 11 is 12.0. The fourth-order valence-corrected chi connectivity index (χ4v) is 6.18. The standard InChI is InChI=1S/C28H25Cl2N3O5S2/c1-19-6-3-4-7-21(19)18-33(39(2,35)36)23-14-10-20(11-15-23)28(34)31-22-12-16-24(17-13-22)40(37,38)32-26-9-5-8-25(29)27(26)30/h3-17,32H,18H2,1-2H3,(H,31,34). The zero-order valence-corrected chi connectivity index (χ0v) is 24.6. The monoisotopic (exact) mass is 617 g/mol. The van der Waals surface area contributed by atoms with E-state index in [9.17, 15) is 21.6 Å². The van der Waals surface area contributed by atoms with Crippen LogP contribution in [0.4, 0.5) is 17.1 Å². The predicted molar refractivity (Wildman–Crippen MR) is 160 cm³/mol. The fraction of sp³-hybridized carbons (Fsp3) is 0.107. The first-order valence-corrected chi connectivity index (χ1v) is 15.9. The van der Waals surface area contributed by atoms with E-state index in [1.807, 2.05) is 31.2 Å². The summed E-state index contributed by atoms with van der Waals surface area (Å²) < 4.78 is 54.3. The number of hydrogen-bond donors (Lipinski definition) is 2. The Bertz CT molecular complexity index is 1760. The second kappa shape index (κ2) is 11.9. The van der Waals surface area contributed by atoms with Gasteiger partial charge < -0.3 is 5.32 Å². The molecule has 2 N–H and O–H groups in total. The summed E-state index contributed by atoms with van der Waals surface area (Å²) in [6.45, 7) is 2.07. The van der Waals surface area contributed by atoms with E-state index in [0.29, 0.717) is 16.9 Å². The Morgan fingerprint density at radius 3 is 2.10 bits per heavy atom. The van der Waals surface area contributed by atoms with Crippen molar-refractivity contribution in [2.24, 2.45) is 0 Å². The third-order valence-electron chi connectivity index (χ3n) is 6.01. The zero-order valence-electron chi connectivity index (χ0n) is 21.4. The van der Waals surface area contributed by atoms with Crippen LogP contribution in [0.1, 0.15) is 21.5 Å². The van der Waals surface area contributed by atoms with E-state index >= 15 is 0 Å². The van der Waals surface area contributed by atoms with Gasteiger partial charge >= 0.3 is 0 Å². The molecule has 0 atom stereocenters. The topological polar surface area (TPSA) is 113 Å². The van der Waals surface area contributed by atoms with Crippen molar-refractivity contribution in [3.05, 3.63) is 118 Å². The van der Waals surface area contributed by atoms with E-state index in [1.54, 1.807) is 24.3 Å². The molecule has 0 heterocycles. The van der Waals surface area contributed by atoms with Crippen LogP contribution in [0.2, 0.25) is 10.0 Å². The lowest BCUT2D eigenvalue weighted by molar-refractivity contribution is 0.102. The molecule has 0 aliphatic rings. The van der Waals surface area contributed by atoms with E-state index in [2.05, 4.69) is 10.0 Å². The number of carbonyl (C=O) groups is 1.